The van der Waals surface area contributed by atoms with Crippen LogP contribution in [0.25, 0.3) is 11.1 Å². The lowest BCUT2D eigenvalue weighted by Gasteiger charge is -2.15. The third-order valence-corrected chi connectivity index (χ3v) is 4.14. The minimum atomic E-state index is -4.30. The summed E-state index contributed by atoms with van der Waals surface area (Å²) in [4.78, 5) is 6.74. The van der Waals surface area contributed by atoms with Gasteiger partial charge in [-0.1, -0.05) is 50.2 Å². The van der Waals surface area contributed by atoms with Crippen molar-refractivity contribution in [3.63, 3.8) is 0 Å². The largest absolute Gasteiger partial charge is 0.416 e. The molecule has 2 aromatic rings. The summed E-state index contributed by atoms with van der Waals surface area (Å²) in [6.07, 6.45) is -2.47. The van der Waals surface area contributed by atoms with Gasteiger partial charge >= 0.3 is 6.18 Å². The zero-order valence-electron chi connectivity index (χ0n) is 14.6. The second-order valence-corrected chi connectivity index (χ2v) is 5.76. The fourth-order valence-corrected chi connectivity index (χ4v) is 2.52. The Bertz CT molecular complexity index is 670. The van der Waals surface area contributed by atoms with E-state index in [9.17, 15) is 13.2 Å². The molecule has 0 saturated heterocycles. The predicted molar refractivity (Wildman–Crippen MR) is 97.1 cm³/mol. The summed E-state index contributed by atoms with van der Waals surface area (Å²) < 4.78 is 37.8. The van der Waals surface area contributed by atoms with Crippen LogP contribution in [0.4, 0.5) is 13.2 Å². The highest BCUT2D eigenvalue weighted by Crippen LogP contribution is 2.30. The van der Waals surface area contributed by atoms with Gasteiger partial charge in [-0.2, -0.15) is 13.2 Å². The highest BCUT2D eigenvalue weighted by molar-refractivity contribution is 5.81. The van der Waals surface area contributed by atoms with E-state index in [1.807, 2.05) is 30.5 Å². The molecule has 25 heavy (non-hydrogen) atoms. The van der Waals surface area contributed by atoms with Gasteiger partial charge in [0.15, 0.2) is 0 Å². The quantitative estimate of drug-likeness (QED) is 0.633. The Labute approximate surface area is 147 Å². The average molecular weight is 348 g/mol. The number of alkyl halides is 3. The summed E-state index contributed by atoms with van der Waals surface area (Å²) in [5.41, 5.74) is 2.00. The molecule has 2 rings (SSSR count). The Morgan fingerprint density at radius 1 is 0.880 bits per heavy atom. The summed E-state index contributed by atoms with van der Waals surface area (Å²) in [7, 11) is 0. The molecule has 0 bridgehead atoms. The van der Waals surface area contributed by atoms with Gasteiger partial charge in [0.2, 0.25) is 0 Å². The lowest BCUT2D eigenvalue weighted by molar-refractivity contribution is -0.137. The van der Waals surface area contributed by atoms with Crippen molar-refractivity contribution in [3.8, 4) is 11.1 Å². The standard InChI is InChI=1S/C20H23F3N2/c1-3-25(4-2)14-13-24-15-16-5-7-17(8-6-16)18-9-11-19(12-10-18)20(21,22)23/h5-12,15H,3-4,13-14H2,1-2H3. The molecule has 0 fully saturated rings. The molecule has 0 unspecified atom stereocenters. The maximum absolute atomic E-state index is 12.6. The van der Waals surface area contributed by atoms with E-state index >= 15 is 0 Å². The van der Waals surface area contributed by atoms with E-state index < -0.39 is 11.7 Å². The van der Waals surface area contributed by atoms with Crippen molar-refractivity contribution >= 4 is 6.21 Å². The third kappa shape index (κ3) is 5.71. The van der Waals surface area contributed by atoms with Gasteiger partial charge in [0.25, 0.3) is 0 Å². The van der Waals surface area contributed by atoms with E-state index in [2.05, 4.69) is 23.7 Å². The summed E-state index contributed by atoms with van der Waals surface area (Å²) >= 11 is 0. The molecule has 0 radical (unpaired) electrons. The van der Waals surface area contributed by atoms with Crippen LogP contribution in [0.2, 0.25) is 0 Å². The van der Waals surface area contributed by atoms with E-state index in [1.165, 1.54) is 12.1 Å². The molecule has 0 atom stereocenters. The van der Waals surface area contributed by atoms with E-state index in [0.29, 0.717) is 0 Å². The van der Waals surface area contributed by atoms with Crippen molar-refractivity contribution in [2.45, 2.75) is 20.0 Å². The lowest BCUT2D eigenvalue weighted by atomic mass is 10.0. The number of benzene rings is 2. The van der Waals surface area contributed by atoms with Gasteiger partial charge in [-0.05, 0) is 41.9 Å². The predicted octanol–water partition coefficient (Wildman–Crippen LogP) is 5.13. The number of nitrogens with zero attached hydrogens (tertiary/aromatic N) is 2. The molecule has 134 valence electrons. The number of aliphatic imine (C=N–C) groups is 1. The van der Waals surface area contributed by atoms with Crippen LogP contribution in [0.5, 0.6) is 0 Å². The smallest absolute Gasteiger partial charge is 0.302 e. The van der Waals surface area contributed by atoms with Crippen LogP contribution >= 0.6 is 0 Å². The Hall–Kier alpha value is -2.14. The molecule has 5 heteroatoms. The second-order valence-electron chi connectivity index (χ2n) is 5.76. The second kappa shape index (κ2) is 8.81. The first kappa shape index (κ1) is 19.2. The first-order chi connectivity index (χ1) is 11.9. The van der Waals surface area contributed by atoms with Gasteiger partial charge in [0.1, 0.15) is 0 Å². The van der Waals surface area contributed by atoms with Crippen molar-refractivity contribution in [2.24, 2.45) is 4.99 Å². The fraction of sp³-hybridized carbons (Fsp3) is 0.350. The van der Waals surface area contributed by atoms with Crippen molar-refractivity contribution in [1.29, 1.82) is 0 Å². The molecule has 0 amide bonds. The zero-order chi connectivity index (χ0) is 18.3. The maximum atomic E-state index is 12.6. The van der Waals surface area contributed by atoms with Gasteiger partial charge in [-0.15, -0.1) is 0 Å². The van der Waals surface area contributed by atoms with Crippen LogP contribution < -0.4 is 0 Å². The van der Waals surface area contributed by atoms with Crippen LogP contribution in [0.3, 0.4) is 0 Å². The van der Waals surface area contributed by atoms with Crippen LogP contribution in [0.15, 0.2) is 53.5 Å². The number of hydrogen-bond acceptors (Lipinski definition) is 2. The Morgan fingerprint density at radius 2 is 1.40 bits per heavy atom. The normalized spacial score (nSPS) is 12.2. The zero-order valence-corrected chi connectivity index (χ0v) is 14.6. The van der Waals surface area contributed by atoms with E-state index in [0.717, 1.165) is 55.0 Å². The van der Waals surface area contributed by atoms with Crippen LogP contribution in [-0.4, -0.2) is 37.3 Å². The molecule has 0 heterocycles. The summed E-state index contributed by atoms with van der Waals surface area (Å²) in [6.45, 7) is 8.00. The van der Waals surface area contributed by atoms with Gasteiger partial charge in [-0.3, -0.25) is 4.99 Å². The highest BCUT2D eigenvalue weighted by Gasteiger charge is 2.29. The Balaban J connectivity index is 1.97. The lowest BCUT2D eigenvalue weighted by Crippen LogP contribution is -2.25. The summed E-state index contributed by atoms with van der Waals surface area (Å²) in [5.74, 6) is 0. The van der Waals surface area contributed by atoms with Crippen molar-refractivity contribution in [2.75, 3.05) is 26.2 Å². The summed E-state index contributed by atoms with van der Waals surface area (Å²) in [5, 5.41) is 0. The van der Waals surface area contributed by atoms with E-state index in [1.54, 1.807) is 0 Å². The van der Waals surface area contributed by atoms with Crippen LogP contribution in [0.1, 0.15) is 25.0 Å². The highest BCUT2D eigenvalue weighted by atomic mass is 19.4. The molecule has 0 aliphatic rings. The first-order valence-corrected chi connectivity index (χ1v) is 8.44. The minimum absolute atomic E-state index is 0.631. The monoisotopic (exact) mass is 348 g/mol. The molecular formula is C20H23F3N2. The Morgan fingerprint density at radius 3 is 1.88 bits per heavy atom. The SMILES string of the molecule is CCN(CC)CCN=Cc1ccc(-c2ccc(C(F)(F)F)cc2)cc1. The number of likely N-dealkylation sites (N-methyl/N-ethyl adjacent to an activating group) is 1. The summed E-state index contributed by atoms with van der Waals surface area (Å²) in [6, 6.07) is 12.9. The molecule has 0 saturated carbocycles. The molecule has 0 aliphatic heterocycles. The minimum Gasteiger partial charge on any atom is -0.302 e. The van der Waals surface area contributed by atoms with Gasteiger partial charge in [0, 0.05) is 12.8 Å². The number of hydrogen-bond donors (Lipinski definition) is 0. The third-order valence-electron chi connectivity index (χ3n) is 4.14. The van der Waals surface area contributed by atoms with E-state index in [4.69, 9.17) is 0 Å². The Kier molecular flexibility index (Phi) is 6.76. The molecule has 0 N–H and O–H groups in total. The van der Waals surface area contributed by atoms with Crippen molar-refractivity contribution in [3.05, 3.63) is 59.7 Å². The topological polar surface area (TPSA) is 15.6 Å². The fourth-order valence-electron chi connectivity index (χ4n) is 2.52. The number of rotatable bonds is 7. The molecule has 0 aromatic heterocycles. The molecule has 2 aromatic carbocycles. The van der Waals surface area contributed by atoms with Gasteiger partial charge in [-0.25, -0.2) is 0 Å². The van der Waals surface area contributed by atoms with Crippen LogP contribution in [0, 0.1) is 0 Å². The van der Waals surface area contributed by atoms with Crippen molar-refractivity contribution < 1.29 is 13.2 Å². The maximum Gasteiger partial charge on any atom is 0.416 e. The van der Waals surface area contributed by atoms with Crippen molar-refractivity contribution in [1.82, 2.24) is 4.90 Å². The van der Waals surface area contributed by atoms with Crippen LogP contribution in [-0.2, 0) is 6.18 Å². The first-order valence-electron chi connectivity index (χ1n) is 8.44. The van der Waals surface area contributed by atoms with Gasteiger partial charge in [0.05, 0.1) is 12.1 Å². The molecule has 0 aliphatic carbocycles. The number of halogens is 3. The average Bonchev–Trinajstić information content (AvgIpc) is 2.62. The molecular weight excluding hydrogens is 325 g/mol. The van der Waals surface area contributed by atoms with Gasteiger partial charge < -0.3 is 4.90 Å². The van der Waals surface area contributed by atoms with E-state index in [-0.39, 0.29) is 0 Å². The molecule has 0 spiro atoms. The molecule has 2 nitrogen and oxygen atoms in total.